The van der Waals surface area contributed by atoms with Crippen molar-refractivity contribution in [3.05, 3.63) is 0 Å². The maximum Gasteiger partial charge on any atom is 0.0240 e. The van der Waals surface area contributed by atoms with E-state index in [1.54, 1.807) is 0 Å². The molecule has 0 aliphatic carbocycles. The van der Waals surface area contributed by atoms with Gasteiger partial charge in [-0.2, -0.15) is 0 Å². The summed E-state index contributed by atoms with van der Waals surface area (Å²) in [6, 6.07) is 0. The van der Waals surface area contributed by atoms with E-state index in [1.807, 2.05) is 0 Å². The maximum atomic E-state index is 11.0. The Morgan fingerprint density at radius 2 is 1.82 bits per heavy atom. The Hall–Kier alpha value is 0.110. The lowest BCUT2D eigenvalue weighted by atomic mass is 9.82. The molecule has 0 atom stereocenters. The van der Waals surface area contributed by atoms with Crippen molar-refractivity contribution in [2.75, 3.05) is 11.5 Å². The molecule has 0 bridgehead atoms. The number of rotatable bonds is 1. The molecule has 1 saturated heterocycles. The molecule has 0 aromatic carbocycles. The molecule has 1 aliphatic rings. The summed E-state index contributed by atoms with van der Waals surface area (Å²) in [6.07, 6.45) is 3.57. The minimum absolute atomic E-state index is 0. The van der Waals surface area contributed by atoms with Crippen LogP contribution in [-0.2, 0) is 10.8 Å². The molecule has 1 aliphatic heterocycles. The van der Waals surface area contributed by atoms with Gasteiger partial charge in [-0.15, -0.1) is 0 Å². The van der Waals surface area contributed by atoms with E-state index in [2.05, 4.69) is 13.8 Å². The van der Waals surface area contributed by atoms with Gasteiger partial charge in [0.15, 0.2) is 0 Å². The summed E-state index contributed by atoms with van der Waals surface area (Å²) in [7, 11) is -0.488. The molecule has 0 radical (unpaired) electrons. The number of hydrogen-bond donors (Lipinski definition) is 0. The van der Waals surface area contributed by atoms with Crippen molar-refractivity contribution >= 4 is 10.8 Å². The van der Waals surface area contributed by atoms with Crippen molar-refractivity contribution in [3.63, 3.8) is 0 Å². The van der Waals surface area contributed by atoms with Crippen LogP contribution in [0.1, 0.15) is 33.1 Å². The Morgan fingerprint density at radius 1 is 1.36 bits per heavy atom. The third-order valence-corrected chi connectivity index (χ3v) is 4.04. The predicted molar refractivity (Wildman–Crippen MR) is 49.1 cm³/mol. The molecule has 2 nitrogen and oxygen atoms in total. The summed E-state index contributed by atoms with van der Waals surface area (Å²) in [6.45, 7) is 4.54. The largest absolute Gasteiger partial charge is 0.412 e. The second-order valence-corrected chi connectivity index (χ2v) is 5.21. The van der Waals surface area contributed by atoms with Crippen molar-refractivity contribution in [1.82, 2.24) is 0 Å². The molecule has 1 fully saturated rings. The maximum absolute atomic E-state index is 11.0. The van der Waals surface area contributed by atoms with E-state index in [-0.39, 0.29) is 5.48 Å². The van der Waals surface area contributed by atoms with Crippen LogP contribution in [0.4, 0.5) is 0 Å². The quantitative estimate of drug-likeness (QED) is 0.593. The van der Waals surface area contributed by atoms with Crippen molar-refractivity contribution in [3.8, 4) is 0 Å². The van der Waals surface area contributed by atoms with Crippen LogP contribution in [0.3, 0.4) is 0 Å². The minimum Gasteiger partial charge on any atom is -0.412 e. The van der Waals surface area contributed by atoms with Crippen LogP contribution in [-0.4, -0.2) is 21.2 Å². The summed E-state index contributed by atoms with van der Waals surface area (Å²) in [5.74, 6) is 1.87. The third-order valence-electron chi connectivity index (χ3n) is 2.72. The Morgan fingerprint density at radius 3 is 2.18 bits per heavy atom. The zero-order chi connectivity index (χ0) is 7.61. The fourth-order valence-electron chi connectivity index (χ4n) is 1.30. The monoisotopic (exact) mass is 178 g/mol. The fourth-order valence-corrected chi connectivity index (χ4v) is 2.95. The molecule has 2 N–H and O–H groups in total. The van der Waals surface area contributed by atoms with Crippen LogP contribution in [0.25, 0.3) is 0 Å². The van der Waals surface area contributed by atoms with Gasteiger partial charge in [-0.3, -0.25) is 4.21 Å². The van der Waals surface area contributed by atoms with Gasteiger partial charge in [0, 0.05) is 22.3 Å². The lowest BCUT2D eigenvalue weighted by Crippen LogP contribution is -2.27. The summed E-state index contributed by atoms with van der Waals surface area (Å²) >= 11 is 0. The first kappa shape index (κ1) is 11.1. The highest BCUT2D eigenvalue weighted by molar-refractivity contribution is 7.85. The summed E-state index contributed by atoms with van der Waals surface area (Å²) in [5, 5.41) is 0. The fraction of sp³-hybridized carbons (Fsp3) is 1.00. The first-order valence-corrected chi connectivity index (χ1v) is 5.50. The van der Waals surface area contributed by atoms with Crippen LogP contribution in [0.15, 0.2) is 0 Å². The van der Waals surface area contributed by atoms with Gasteiger partial charge in [-0.25, -0.2) is 0 Å². The first-order valence-electron chi connectivity index (χ1n) is 4.01. The highest BCUT2D eigenvalue weighted by atomic mass is 32.2. The molecule has 1 heterocycles. The summed E-state index contributed by atoms with van der Waals surface area (Å²) < 4.78 is 11.0. The Bertz CT molecular complexity index is 135. The lowest BCUT2D eigenvalue weighted by Gasteiger charge is -2.31. The Kier molecular flexibility index (Phi) is 4.26. The predicted octanol–water partition coefficient (Wildman–Crippen LogP) is 1.12. The van der Waals surface area contributed by atoms with Crippen molar-refractivity contribution in [1.29, 1.82) is 0 Å². The number of hydrogen-bond acceptors (Lipinski definition) is 1. The van der Waals surface area contributed by atoms with E-state index >= 15 is 0 Å². The van der Waals surface area contributed by atoms with Gasteiger partial charge in [-0.1, -0.05) is 20.3 Å². The zero-order valence-corrected chi connectivity index (χ0v) is 8.17. The van der Waals surface area contributed by atoms with E-state index in [0.717, 1.165) is 24.3 Å². The second kappa shape index (κ2) is 4.21. The van der Waals surface area contributed by atoms with E-state index in [9.17, 15) is 4.21 Å². The molecule has 3 heteroatoms. The van der Waals surface area contributed by atoms with E-state index in [0.29, 0.717) is 5.41 Å². The topological polar surface area (TPSA) is 48.6 Å². The van der Waals surface area contributed by atoms with Crippen molar-refractivity contribution in [2.24, 2.45) is 5.41 Å². The highest BCUT2D eigenvalue weighted by Crippen LogP contribution is 2.33. The lowest BCUT2D eigenvalue weighted by molar-refractivity contribution is 0.282. The average Bonchev–Trinajstić information content (AvgIpc) is 1.96. The van der Waals surface area contributed by atoms with E-state index < -0.39 is 10.8 Å². The molecule has 0 saturated carbocycles. The highest BCUT2D eigenvalue weighted by Gasteiger charge is 2.27. The molecule has 0 unspecified atom stereocenters. The molecule has 11 heavy (non-hydrogen) atoms. The molecule has 0 aromatic heterocycles. The van der Waals surface area contributed by atoms with Gasteiger partial charge < -0.3 is 5.48 Å². The molecular weight excluding hydrogens is 160 g/mol. The van der Waals surface area contributed by atoms with Crippen molar-refractivity contribution in [2.45, 2.75) is 33.1 Å². The molecule has 0 amide bonds. The summed E-state index contributed by atoms with van der Waals surface area (Å²) in [4.78, 5) is 0. The smallest absolute Gasteiger partial charge is 0.0240 e. The van der Waals surface area contributed by atoms with Crippen LogP contribution in [0.5, 0.6) is 0 Å². The molecule has 0 aromatic rings. The van der Waals surface area contributed by atoms with E-state index in [4.69, 9.17) is 0 Å². The van der Waals surface area contributed by atoms with Crippen molar-refractivity contribution < 1.29 is 9.69 Å². The van der Waals surface area contributed by atoms with E-state index in [1.165, 1.54) is 6.42 Å². The molecule has 0 spiro atoms. The standard InChI is InChI=1S/C8H16OS.H2O/c1-3-8(2)4-6-10(9)7-5-8;/h3-7H2,1-2H3;1H2. The normalized spacial score (nSPS) is 37.8. The Balaban J connectivity index is 0.000001000. The van der Waals surface area contributed by atoms with Crippen LogP contribution in [0, 0.1) is 5.41 Å². The molecular formula is C8H18O2S. The Labute approximate surface area is 71.1 Å². The van der Waals surface area contributed by atoms with Gasteiger partial charge in [0.1, 0.15) is 0 Å². The third kappa shape index (κ3) is 2.91. The van der Waals surface area contributed by atoms with Gasteiger partial charge in [0.2, 0.25) is 0 Å². The second-order valence-electron chi connectivity index (χ2n) is 3.51. The molecule has 1 rings (SSSR count). The minimum atomic E-state index is -0.488. The SMILES string of the molecule is CCC1(C)CCS(=O)CC1.O. The van der Waals surface area contributed by atoms with Gasteiger partial charge in [0.25, 0.3) is 0 Å². The summed E-state index contributed by atoms with van der Waals surface area (Å²) in [5.41, 5.74) is 0.508. The average molecular weight is 178 g/mol. The van der Waals surface area contributed by atoms with Gasteiger partial charge >= 0.3 is 0 Å². The van der Waals surface area contributed by atoms with Gasteiger partial charge in [0.05, 0.1) is 0 Å². The zero-order valence-electron chi connectivity index (χ0n) is 7.35. The molecule has 68 valence electrons. The van der Waals surface area contributed by atoms with Crippen LogP contribution >= 0.6 is 0 Å². The van der Waals surface area contributed by atoms with Crippen LogP contribution in [0.2, 0.25) is 0 Å². The van der Waals surface area contributed by atoms with Crippen LogP contribution < -0.4 is 0 Å². The first-order chi connectivity index (χ1) is 4.66. The van der Waals surface area contributed by atoms with Gasteiger partial charge in [-0.05, 0) is 18.3 Å².